The first kappa shape index (κ1) is 19.5. The first-order valence-electron chi connectivity index (χ1n) is 8.55. The van der Waals surface area contributed by atoms with Crippen molar-refractivity contribution in [3.8, 4) is 5.75 Å². The summed E-state index contributed by atoms with van der Waals surface area (Å²) in [4.78, 5) is 23.3. The monoisotopic (exact) mass is 355 g/mol. The van der Waals surface area contributed by atoms with E-state index in [1.54, 1.807) is 6.92 Å². The summed E-state index contributed by atoms with van der Waals surface area (Å²) in [6.45, 7) is 4.09. The molecule has 0 bridgehead atoms. The number of hydrogen-bond donors (Lipinski definition) is 3. The Morgan fingerprint density at radius 1 is 1.15 bits per heavy atom. The van der Waals surface area contributed by atoms with Crippen LogP contribution in [0.15, 0.2) is 48.5 Å². The number of nitrogens with two attached hydrogens (primary N) is 1. The molecule has 138 valence electrons. The number of anilines is 1. The van der Waals surface area contributed by atoms with Crippen LogP contribution in [0.5, 0.6) is 5.75 Å². The summed E-state index contributed by atoms with van der Waals surface area (Å²) in [6, 6.07) is 14.5. The summed E-state index contributed by atoms with van der Waals surface area (Å²) >= 11 is 0. The molecule has 0 saturated heterocycles. The molecule has 0 heterocycles. The van der Waals surface area contributed by atoms with Gasteiger partial charge in [0.05, 0.1) is 6.04 Å². The van der Waals surface area contributed by atoms with Gasteiger partial charge < -0.3 is 21.1 Å². The lowest BCUT2D eigenvalue weighted by Gasteiger charge is -2.10. The van der Waals surface area contributed by atoms with Crippen molar-refractivity contribution >= 4 is 17.5 Å². The number of aryl methyl sites for hydroxylation is 1. The molecular formula is C20H25N3O3. The number of benzene rings is 2. The molecule has 26 heavy (non-hydrogen) atoms. The molecule has 0 fully saturated rings. The highest BCUT2D eigenvalue weighted by atomic mass is 16.5. The van der Waals surface area contributed by atoms with Crippen LogP contribution in [0.2, 0.25) is 0 Å². The number of nitrogens with one attached hydrogen (secondary N) is 2. The van der Waals surface area contributed by atoms with Crippen LogP contribution in [0.3, 0.4) is 0 Å². The van der Waals surface area contributed by atoms with Crippen LogP contribution in [0.25, 0.3) is 0 Å². The molecule has 2 aromatic carbocycles. The second kappa shape index (κ2) is 9.58. The molecule has 4 N–H and O–H groups in total. The van der Waals surface area contributed by atoms with Crippen molar-refractivity contribution in [3.05, 3.63) is 59.7 Å². The fraction of sp³-hybridized carbons (Fsp3) is 0.300. The van der Waals surface area contributed by atoms with Crippen molar-refractivity contribution in [1.82, 2.24) is 5.32 Å². The minimum atomic E-state index is -0.503. The maximum absolute atomic E-state index is 11.9. The summed E-state index contributed by atoms with van der Waals surface area (Å²) in [5.41, 5.74) is 8.38. The van der Waals surface area contributed by atoms with Gasteiger partial charge in [0, 0.05) is 12.2 Å². The Hall–Kier alpha value is -2.86. The van der Waals surface area contributed by atoms with Crippen LogP contribution < -0.4 is 21.1 Å². The van der Waals surface area contributed by atoms with E-state index < -0.39 is 6.04 Å². The quantitative estimate of drug-likeness (QED) is 0.675. The van der Waals surface area contributed by atoms with Crippen molar-refractivity contribution in [1.29, 1.82) is 0 Å². The van der Waals surface area contributed by atoms with Crippen molar-refractivity contribution in [2.75, 3.05) is 18.5 Å². The van der Waals surface area contributed by atoms with Crippen LogP contribution in [0, 0.1) is 6.92 Å². The summed E-state index contributed by atoms with van der Waals surface area (Å²) in [5.74, 6) is 0.246. The molecule has 0 aliphatic carbocycles. The highest BCUT2D eigenvalue weighted by Crippen LogP contribution is 2.13. The average molecular weight is 355 g/mol. The molecule has 2 rings (SSSR count). The number of hydrogen-bond acceptors (Lipinski definition) is 4. The highest BCUT2D eigenvalue weighted by Gasteiger charge is 2.06. The molecule has 6 nitrogen and oxygen atoms in total. The molecule has 0 aromatic heterocycles. The zero-order valence-corrected chi connectivity index (χ0v) is 15.1. The third-order valence-corrected chi connectivity index (χ3v) is 3.72. The number of amides is 2. The molecule has 0 radical (unpaired) electrons. The lowest BCUT2D eigenvalue weighted by molar-refractivity contribution is -0.122. The maximum atomic E-state index is 11.9. The zero-order valence-electron chi connectivity index (χ0n) is 15.1. The van der Waals surface area contributed by atoms with Crippen molar-refractivity contribution < 1.29 is 14.3 Å². The van der Waals surface area contributed by atoms with Crippen LogP contribution in [0.4, 0.5) is 5.69 Å². The zero-order chi connectivity index (χ0) is 18.9. The van der Waals surface area contributed by atoms with Crippen LogP contribution >= 0.6 is 0 Å². The third kappa shape index (κ3) is 6.57. The number of ether oxygens (including phenoxy) is 1. The molecule has 0 aliphatic heterocycles. The van der Waals surface area contributed by atoms with E-state index in [0.29, 0.717) is 18.7 Å². The first-order chi connectivity index (χ1) is 12.4. The van der Waals surface area contributed by atoms with Crippen molar-refractivity contribution in [2.24, 2.45) is 5.73 Å². The van der Waals surface area contributed by atoms with Crippen LogP contribution in [-0.2, 0) is 16.0 Å². The predicted octanol–water partition coefficient (Wildman–Crippen LogP) is 2.02. The lowest BCUT2D eigenvalue weighted by atomic mass is 10.1. The Bertz CT molecular complexity index is 742. The van der Waals surface area contributed by atoms with Gasteiger partial charge in [-0.25, -0.2) is 0 Å². The maximum Gasteiger partial charge on any atom is 0.262 e. The molecule has 0 spiro atoms. The van der Waals surface area contributed by atoms with Gasteiger partial charge in [0.15, 0.2) is 6.61 Å². The predicted molar refractivity (Wildman–Crippen MR) is 102 cm³/mol. The fourth-order valence-corrected chi connectivity index (χ4v) is 2.31. The number of carbonyl (C=O) groups excluding carboxylic acids is 2. The van der Waals surface area contributed by atoms with Crippen molar-refractivity contribution in [3.63, 3.8) is 0 Å². The standard InChI is InChI=1S/C20H25N3O3/c1-14-4-3-5-17(12-14)23-19(24)13-26-18-8-6-16(7-9-18)10-11-22-20(25)15(2)21/h3-9,12,15H,10-11,13,21H2,1-2H3,(H,22,25)(H,23,24)/t15-/m1/s1. The summed E-state index contributed by atoms with van der Waals surface area (Å²) in [7, 11) is 0. The van der Waals surface area contributed by atoms with E-state index in [-0.39, 0.29) is 18.4 Å². The van der Waals surface area contributed by atoms with Crippen molar-refractivity contribution in [2.45, 2.75) is 26.3 Å². The Morgan fingerprint density at radius 3 is 2.54 bits per heavy atom. The van der Waals surface area contributed by atoms with Gasteiger partial charge >= 0.3 is 0 Å². The van der Waals surface area contributed by atoms with Gasteiger partial charge in [-0.2, -0.15) is 0 Å². The number of carbonyl (C=O) groups is 2. The third-order valence-electron chi connectivity index (χ3n) is 3.72. The molecule has 6 heteroatoms. The molecule has 0 aliphatic rings. The van der Waals surface area contributed by atoms with Gasteiger partial charge in [0.2, 0.25) is 5.91 Å². The van der Waals surface area contributed by atoms with E-state index in [0.717, 1.165) is 16.8 Å². The van der Waals surface area contributed by atoms with E-state index in [4.69, 9.17) is 10.5 Å². The Balaban J connectivity index is 1.74. The van der Waals surface area contributed by atoms with Crippen LogP contribution in [-0.4, -0.2) is 31.0 Å². The lowest BCUT2D eigenvalue weighted by Crippen LogP contribution is -2.39. The summed E-state index contributed by atoms with van der Waals surface area (Å²) < 4.78 is 5.50. The minimum absolute atomic E-state index is 0.0578. The fourth-order valence-electron chi connectivity index (χ4n) is 2.31. The number of rotatable bonds is 8. The first-order valence-corrected chi connectivity index (χ1v) is 8.55. The SMILES string of the molecule is Cc1cccc(NC(=O)COc2ccc(CCNC(=O)[C@@H](C)N)cc2)c1. The van der Waals surface area contributed by atoms with Gasteiger partial charge in [-0.15, -0.1) is 0 Å². The Morgan fingerprint density at radius 2 is 1.88 bits per heavy atom. The Labute approximate surface area is 153 Å². The topological polar surface area (TPSA) is 93.5 Å². The van der Waals surface area contributed by atoms with E-state index in [1.165, 1.54) is 0 Å². The largest absolute Gasteiger partial charge is 0.484 e. The Kier molecular flexibility index (Phi) is 7.17. The second-order valence-corrected chi connectivity index (χ2v) is 6.18. The van der Waals surface area contributed by atoms with E-state index in [2.05, 4.69) is 10.6 Å². The molecule has 1 atom stereocenters. The van der Waals surface area contributed by atoms with E-state index in [1.807, 2.05) is 55.5 Å². The summed E-state index contributed by atoms with van der Waals surface area (Å²) in [5, 5.41) is 5.56. The van der Waals surface area contributed by atoms with Gasteiger partial charge in [-0.05, 0) is 55.7 Å². The van der Waals surface area contributed by atoms with E-state index in [9.17, 15) is 9.59 Å². The molecule has 0 unspecified atom stereocenters. The normalized spacial score (nSPS) is 11.5. The van der Waals surface area contributed by atoms with E-state index >= 15 is 0 Å². The minimum Gasteiger partial charge on any atom is -0.484 e. The molecule has 2 aromatic rings. The van der Waals surface area contributed by atoms with Gasteiger partial charge in [0.25, 0.3) is 5.91 Å². The van der Waals surface area contributed by atoms with Gasteiger partial charge in [-0.1, -0.05) is 24.3 Å². The molecule has 2 amide bonds. The van der Waals surface area contributed by atoms with Gasteiger partial charge in [0.1, 0.15) is 5.75 Å². The smallest absolute Gasteiger partial charge is 0.262 e. The molecular weight excluding hydrogens is 330 g/mol. The van der Waals surface area contributed by atoms with Crippen LogP contribution in [0.1, 0.15) is 18.1 Å². The average Bonchev–Trinajstić information content (AvgIpc) is 2.61. The van der Waals surface area contributed by atoms with Gasteiger partial charge in [-0.3, -0.25) is 9.59 Å². The second-order valence-electron chi connectivity index (χ2n) is 6.18. The highest BCUT2D eigenvalue weighted by molar-refractivity contribution is 5.91. The summed E-state index contributed by atoms with van der Waals surface area (Å²) in [6.07, 6.45) is 0.701. The molecule has 0 saturated carbocycles.